The molecule has 0 spiro atoms. The van der Waals surface area contributed by atoms with E-state index in [0.29, 0.717) is 22.9 Å². The number of amides is 3. The summed E-state index contributed by atoms with van der Waals surface area (Å²) >= 11 is 1.27. The summed E-state index contributed by atoms with van der Waals surface area (Å²) in [7, 11) is 0. The molecule has 1 unspecified atom stereocenters. The van der Waals surface area contributed by atoms with Crippen LogP contribution in [-0.2, 0) is 22.4 Å². The molecule has 0 fully saturated rings. The summed E-state index contributed by atoms with van der Waals surface area (Å²) in [4.78, 5) is 43.6. The first-order chi connectivity index (χ1) is 16.9. The zero-order chi connectivity index (χ0) is 25.0. The maximum Gasteiger partial charge on any atom is 0.254 e. The molecule has 2 N–H and O–H groups in total. The Balaban J connectivity index is 1.46. The van der Waals surface area contributed by atoms with Crippen LogP contribution in [0.25, 0.3) is 0 Å². The van der Waals surface area contributed by atoms with Crippen molar-refractivity contribution in [1.29, 1.82) is 0 Å². The highest BCUT2D eigenvalue weighted by Gasteiger charge is 2.19. The molecular weight excluding hydrogens is 460 g/mol. The van der Waals surface area contributed by atoms with Crippen molar-refractivity contribution >= 4 is 34.2 Å². The molecule has 2 aromatic carbocycles. The van der Waals surface area contributed by atoms with Crippen LogP contribution < -0.4 is 10.6 Å². The lowest BCUT2D eigenvalue weighted by Crippen LogP contribution is -2.38. The normalized spacial score (nSPS) is 11.5. The van der Waals surface area contributed by atoms with Crippen molar-refractivity contribution in [3.05, 3.63) is 82.9 Å². The highest BCUT2D eigenvalue weighted by Crippen LogP contribution is 2.16. The topological polar surface area (TPSA) is 91.4 Å². The highest BCUT2D eigenvalue weighted by atomic mass is 32.1. The van der Waals surface area contributed by atoms with E-state index in [2.05, 4.69) is 27.8 Å². The van der Waals surface area contributed by atoms with Crippen molar-refractivity contribution in [1.82, 2.24) is 15.2 Å². The maximum atomic E-state index is 12.8. The third-order valence-corrected chi connectivity index (χ3v) is 6.20. The molecule has 184 valence electrons. The van der Waals surface area contributed by atoms with Crippen LogP contribution in [-0.4, -0.2) is 46.7 Å². The van der Waals surface area contributed by atoms with E-state index in [4.69, 9.17) is 0 Å². The summed E-state index contributed by atoms with van der Waals surface area (Å²) in [6.07, 6.45) is 2.64. The number of aromatic nitrogens is 1. The zero-order valence-electron chi connectivity index (χ0n) is 20.2. The fourth-order valence-corrected chi connectivity index (χ4v) is 4.38. The van der Waals surface area contributed by atoms with Crippen LogP contribution in [0.1, 0.15) is 48.3 Å². The van der Waals surface area contributed by atoms with Crippen molar-refractivity contribution < 1.29 is 14.4 Å². The Bertz CT molecular complexity index is 1100. The van der Waals surface area contributed by atoms with Gasteiger partial charge in [0.15, 0.2) is 5.13 Å². The summed E-state index contributed by atoms with van der Waals surface area (Å²) in [6.45, 7) is 4.37. The van der Waals surface area contributed by atoms with Gasteiger partial charge < -0.3 is 15.5 Å². The summed E-state index contributed by atoms with van der Waals surface area (Å²) in [5, 5.41) is 7.95. The average molecular weight is 493 g/mol. The van der Waals surface area contributed by atoms with Gasteiger partial charge in [0.05, 0.1) is 12.1 Å². The fourth-order valence-electron chi connectivity index (χ4n) is 3.65. The van der Waals surface area contributed by atoms with Crippen LogP contribution in [0.3, 0.4) is 0 Å². The minimum Gasteiger partial charge on any atom is -0.353 e. The van der Waals surface area contributed by atoms with Gasteiger partial charge in [-0.3, -0.25) is 14.4 Å². The summed E-state index contributed by atoms with van der Waals surface area (Å²) < 4.78 is 0. The number of hydrogen-bond acceptors (Lipinski definition) is 5. The molecular formula is C27H32N4O3S. The van der Waals surface area contributed by atoms with E-state index in [1.165, 1.54) is 21.8 Å². The monoisotopic (exact) mass is 492 g/mol. The van der Waals surface area contributed by atoms with Crippen LogP contribution in [0.15, 0.2) is 66.0 Å². The Kier molecular flexibility index (Phi) is 9.98. The van der Waals surface area contributed by atoms with Gasteiger partial charge in [0.25, 0.3) is 5.91 Å². The minimum absolute atomic E-state index is 0.0483. The molecule has 0 saturated carbocycles. The lowest BCUT2D eigenvalue weighted by atomic mass is 10.1. The van der Waals surface area contributed by atoms with Gasteiger partial charge in [-0.15, -0.1) is 11.3 Å². The fraction of sp³-hybridized carbons (Fsp3) is 0.333. The van der Waals surface area contributed by atoms with Gasteiger partial charge in [0.1, 0.15) is 6.54 Å². The van der Waals surface area contributed by atoms with Crippen molar-refractivity contribution in [3.8, 4) is 0 Å². The molecule has 3 amide bonds. The molecule has 1 aromatic heterocycles. The SMILES string of the molecule is CCCN(CC(=O)Nc1nc(CC(=O)NC(C)CCc2ccccc2)cs1)C(=O)c1ccccc1. The molecule has 0 radical (unpaired) electrons. The molecule has 1 heterocycles. The van der Waals surface area contributed by atoms with Crippen LogP contribution >= 0.6 is 11.3 Å². The predicted octanol–water partition coefficient (Wildman–Crippen LogP) is 4.31. The Hall–Kier alpha value is -3.52. The van der Waals surface area contributed by atoms with E-state index in [0.717, 1.165) is 19.3 Å². The number of nitrogens with one attached hydrogen (secondary N) is 2. The Morgan fingerprint density at radius 3 is 2.37 bits per heavy atom. The average Bonchev–Trinajstić information content (AvgIpc) is 3.29. The first-order valence-electron chi connectivity index (χ1n) is 11.9. The summed E-state index contributed by atoms with van der Waals surface area (Å²) in [5.74, 6) is -0.598. The summed E-state index contributed by atoms with van der Waals surface area (Å²) in [5.41, 5.74) is 2.40. The number of thiazole rings is 1. The Morgan fingerprint density at radius 1 is 1.00 bits per heavy atom. The molecule has 0 aliphatic rings. The van der Waals surface area contributed by atoms with Crippen LogP contribution in [0.2, 0.25) is 0 Å². The van der Waals surface area contributed by atoms with Gasteiger partial charge in [-0.05, 0) is 43.9 Å². The van der Waals surface area contributed by atoms with E-state index in [9.17, 15) is 14.4 Å². The lowest BCUT2D eigenvalue weighted by molar-refractivity contribution is -0.121. The number of anilines is 1. The van der Waals surface area contributed by atoms with Crippen LogP contribution in [0, 0.1) is 0 Å². The van der Waals surface area contributed by atoms with Gasteiger partial charge >= 0.3 is 0 Å². The van der Waals surface area contributed by atoms with Crippen LogP contribution in [0.5, 0.6) is 0 Å². The second kappa shape index (κ2) is 13.4. The largest absolute Gasteiger partial charge is 0.353 e. The van der Waals surface area contributed by atoms with Crippen LogP contribution in [0.4, 0.5) is 5.13 Å². The standard InChI is InChI=1S/C27H32N4O3S/c1-3-16-31(26(34)22-12-8-5-9-13-22)18-25(33)30-27-29-23(19-35-27)17-24(32)28-20(2)14-15-21-10-6-4-7-11-21/h4-13,19-20H,3,14-18H2,1-2H3,(H,28,32)(H,29,30,33). The van der Waals surface area contributed by atoms with Crippen molar-refractivity contribution in [3.63, 3.8) is 0 Å². The Labute approximate surface area is 210 Å². The Morgan fingerprint density at radius 2 is 1.69 bits per heavy atom. The number of benzene rings is 2. The number of nitrogens with zero attached hydrogens (tertiary/aromatic N) is 2. The lowest BCUT2D eigenvalue weighted by Gasteiger charge is -2.21. The molecule has 0 saturated heterocycles. The van der Waals surface area contributed by atoms with Crippen molar-refractivity contribution in [2.45, 2.75) is 45.6 Å². The number of carbonyl (C=O) groups excluding carboxylic acids is 3. The van der Waals surface area contributed by atoms with E-state index in [1.54, 1.807) is 29.6 Å². The molecule has 0 aliphatic heterocycles. The van der Waals surface area contributed by atoms with E-state index >= 15 is 0 Å². The molecule has 3 aromatic rings. The molecule has 0 bridgehead atoms. The van der Waals surface area contributed by atoms with Gasteiger partial charge in [-0.1, -0.05) is 55.5 Å². The van der Waals surface area contributed by atoms with E-state index in [-0.39, 0.29) is 36.7 Å². The summed E-state index contributed by atoms with van der Waals surface area (Å²) in [6, 6.07) is 19.2. The van der Waals surface area contributed by atoms with Gasteiger partial charge in [0, 0.05) is 23.5 Å². The van der Waals surface area contributed by atoms with Gasteiger partial charge in [-0.2, -0.15) is 0 Å². The van der Waals surface area contributed by atoms with Gasteiger partial charge in [0.2, 0.25) is 11.8 Å². The molecule has 3 rings (SSSR count). The van der Waals surface area contributed by atoms with Gasteiger partial charge in [-0.25, -0.2) is 4.98 Å². The second-order valence-electron chi connectivity index (χ2n) is 8.45. The molecule has 0 aliphatic carbocycles. The third-order valence-electron chi connectivity index (χ3n) is 5.39. The maximum absolute atomic E-state index is 12.8. The van der Waals surface area contributed by atoms with Crippen molar-refractivity contribution in [2.24, 2.45) is 0 Å². The highest BCUT2D eigenvalue weighted by molar-refractivity contribution is 7.13. The number of carbonyl (C=O) groups is 3. The number of hydrogen-bond donors (Lipinski definition) is 2. The first-order valence-corrected chi connectivity index (χ1v) is 12.7. The smallest absolute Gasteiger partial charge is 0.254 e. The molecule has 35 heavy (non-hydrogen) atoms. The second-order valence-corrected chi connectivity index (χ2v) is 9.31. The predicted molar refractivity (Wildman–Crippen MR) is 139 cm³/mol. The van der Waals surface area contributed by atoms with Crippen molar-refractivity contribution in [2.75, 3.05) is 18.4 Å². The third kappa shape index (κ3) is 8.64. The molecule has 1 atom stereocenters. The number of aryl methyl sites for hydroxylation is 1. The molecule has 8 heteroatoms. The minimum atomic E-state index is -0.317. The quantitative estimate of drug-likeness (QED) is 0.394. The first kappa shape index (κ1) is 26.1. The van der Waals surface area contributed by atoms with E-state index in [1.807, 2.05) is 38.1 Å². The van der Waals surface area contributed by atoms with E-state index < -0.39 is 0 Å². The number of rotatable bonds is 12. The zero-order valence-corrected chi connectivity index (χ0v) is 21.0. The molecule has 7 nitrogen and oxygen atoms in total.